The van der Waals surface area contributed by atoms with Crippen LogP contribution in [0, 0.1) is 23.2 Å². The van der Waals surface area contributed by atoms with Crippen LogP contribution in [0.4, 0.5) is 0 Å². The number of allylic oxidation sites excluding steroid dienone is 2. The van der Waals surface area contributed by atoms with E-state index >= 15 is 0 Å². The Morgan fingerprint density at radius 3 is 1.94 bits per heavy atom. The van der Waals surface area contributed by atoms with Crippen LogP contribution < -0.4 is 0 Å². The minimum Gasteiger partial charge on any atom is -0.0880 e. The molecule has 0 aromatic heterocycles. The van der Waals surface area contributed by atoms with Gasteiger partial charge in [-0.05, 0) is 36.0 Å². The van der Waals surface area contributed by atoms with Crippen molar-refractivity contribution in [3.63, 3.8) is 0 Å². The third kappa shape index (κ3) is 4.14. The Morgan fingerprint density at radius 1 is 0.944 bits per heavy atom. The van der Waals surface area contributed by atoms with Crippen LogP contribution >= 0.6 is 0 Å². The summed E-state index contributed by atoms with van der Waals surface area (Å²) in [7, 11) is 0. The highest BCUT2D eigenvalue weighted by molar-refractivity contribution is 5.05. The second kappa shape index (κ2) is 8.77. The van der Waals surface area contributed by atoms with Crippen LogP contribution in [-0.4, -0.2) is 0 Å². The van der Waals surface area contributed by atoms with Crippen LogP contribution in [0.3, 0.4) is 0 Å². The molecule has 0 aromatic carbocycles. The van der Waals surface area contributed by atoms with Gasteiger partial charge in [0.2, 0.25) is 0 Å². The molecule has 18 heavy (non-hydrogen) atoms. The predicted octanol–water partition coefficient (Wildman–Crippen LogP) is 6.47. The van der Waals surface area contributed by atoms with Gasteiger partial charge in [-0.15, -0.1) is 0 Å². The summed E-state index contributed by atoms with van der Waals surface area (Å²) in [6.07, 6.45) is 11.3. The summed E-state index contributed by atoms with van der Waals surface area (Å²) in [5.74, 6) is 2.36. The Bertz CT molecular complexity index is 228. The number of unbranched alkanes of at least 4 members (excludes halogenated alkanes) is 1. The molecule has 0 saturated carbocycles. The average molecular weight is 252 g/mol. The Balaban J connectivity index is 5.21. The summed E-state index contributed by atoms with van der Waals surface area (Å²) in [6.45, 7) is 16.6. The minimum atomic E-state index is 0.402. The maximum Gasteiger partial charge on any atom is -0.00672 e. The quantitative estimate of drug-likeness (QED) is 0.413. The molecule has 0 aromatic rings. The van der Waals surface area contributed by atoms with Crippen molar-refractivity contribution in [1.82, 2.24) is 0 Å². The van der Waals surface area contributed by atoms with Gasteiger partial charge in [0.1, 0.15) is 0 Å². The van der Waals surface area contributed by atoms with Gasteiger partial charge in [0, 0.05) is 0 Å². The zero-order valence-corrected chi connectivity index (χ0v) is 13.9. The van der Waals surface area contributed by atoms with Crippen molar-refractivity contribution in [2.24, 2.45) is 23.2 Å². The molecule has 0 heteroatoms. The van der Waals surface area contributed by atoms with Gasteiger partial charge in [-0.2, -0.15) is 0 Å². The third-order valence-electron chi connectivity index (χ3n) is 5.37. The van der Waals surface area contributed by atoms with Crippen LogP contribution in [0.15, 0.2) is 12.2 Å². The molecule has 0 aliphatic rings. The Hall–Kier alpha value is -0.260. The minimum absolute atomic E-state index is 0.402. The van der Waals surface area contributed by atoms with Crippen molar-refractivity contribution in [3.8, 4) is 0 Å². The van der Waals surface area contributed by atoms with E-state index in [4.69, 9.17) is 0 Å². The second-order valence-corrected chi connectivity index (χ2v) is 6.14. The van der Waals surface area contributed by atoms with E-state index in [1.165, 1.54) is 32.1 Å². The molecule has 108 valence electrons. The van der Waals surface area contributed by atoms with E-state index in [9.17, 15) is 0 Å². The molecule has 0 aliphatic carbocycles. The SMILES string of the molecule is CCCC=CC(CC)(C(C)CC)C(C)C(C)CC. The molecular formula is C18H36. The smallest absolute Gasteiger partial charge is 0.00672 e. The summed E-state index contributed by atoms with van der Waals surface area (Å²) in [5.41, 5.74) is 0.402. The lowest BCUT2D eigenvalue weighted by Crippen LogP contribution is -2.36. The van der Waals surface area contributed by atoms with Gasteiger partial charge >= 0.3 is 0 Å². The van der Waals surface area contributed by atoms with Gasteiger partial charge in [0.25, 0.3) is 0 Å². The fourth-order valence-electron chi connectivity index (χ4n) is 3.29. The number of hydrogen-bond donors (Lipinski definition) is 0. The number of rotatable bonds is 9. The average Bonchev–Trinajstić information content (AvgIpc) is 2.41. The van der Waals surface area contributed by atoms with Crippen LogP contribution in [-0.2, 0) is 0 Å². The molecule has 0 bridgehead atoms. The molecule has 0 N–H and O–H groups in total. The van der Waals surface area contributed by atoms with Crippen LogP contribution in [0.25, 0.3) is 0 Å². The molecule has 0 heterocycles. The highest BCUT2D eigenvalue weighted by Gasteiger charge is 2.38. The van der Waals surface area contributed by atoms with Gasteiger partial charge in [-0.3, -0.25) is 0 Å². The Morgan fingerprint density at radius 2 is 1.56 bits per heavy atom. The molecule has 0 rings (SSSR count). The molecular weight excluding hydrogens is 216 g/mol. The van der Waals surface area contributed by atoms with Crippen LogP contribution in [0.2, 0.25) is 0 Å². The second-order valence-electron chi connectivity index (χ2n) is 6.14. The van der Waals surface area contributed by atoms with E-state index in [1.54, 1.807) is 0 Å². The van der Waals surface area contributed by atoms with Gasteiger partial charge in [-0.25, -0.2) is 0 Å². The lowest BCUT2D eigenvalue weighted by atomic mass is 9.61. The Labute approximate surface area is 116 Å². The van der Waals surface area contributed by atoms with Crippen molar-refractivity contribution >= 4 is 0 Å². The molecule has 4 atom stereocenters. The fourth-order valence-corrected chi connectivity index (χ4v) is 3.29. The molecule has 0 radical (unpaired) electrons. The highest BCUT2D eigenvalue weighted by atomic mass is 14.4. The van der Waals surface area contributed by atoms with E-state index < -0.39 is 0 Å². The van der Waals surface area contributed by atoms with E-state index in [0.29, 0.717) is 5.41 Å². The largest absolute Gasteiger partial charge is 0.0880 e. The van der Waals surface area contributed by atoms with Crippen molar-refractivity contribution in [2.75, 3.05) is 0 Å². The lowest BCUT2D eigenvalue weighted by Gasteiger charge is -2.44. The Kier molecular flexibility index (Phi) is 8.65. The first kappa shape index (κ1) is 17.7. The maximum absolute atomic E-state index is 2.57. The van der Waals surface area contributed by atoms with Crippen molar-refractivity contribution < 1.29 is 0 Å². The van der Waals surface area contributed by atoms with E-state index in [0.717, 1.165) is 17.8 Å². The molecule has 0 aliphatic heterocycles. The molecule has 0 saturated heterocycles. The molecule has 0 nitrogen and oxygen atoms in total. The normalized spacial score (nSPS) is 20.6. The van der Waals surface area contributed by atoms with E-state index in [2.05, 4.69) is 60.6 Å². The van der Waals surface area contributed by atoms with E-state index in [-0.39, 0.29) is 0 Å². The summed E-state index contributed by atoms with van der Waals surface area (Å²) in [5, 5.41) is 0. The first-order valence-electron chi connectivity index (χ1n) is 8.17. The van der Waals surface area contributed by atoms with Crippen molar-refractivity contribution in [3.05, 3.63) is 12.2 Å². The van der Waals surface area contributed by atoms with Crippen molar-refractivity contribution in [2.45, 2.75) is 80.6 Å². The van der Waals surface area contributed by atoms with E-state index in [1.807, 2.05) is 0 Å². The molecule has 4 unspecified atom stereocenters. The van der Waals surface area contributed by atoms with Crippen LogP contribution in [0.1, 0.15) is 80.6 Å². The van der Waals surface area contributed by atoms with Gasteiger partial charge < -0.3 is 0 Å². The topological polar surface area (TPSA) is 0 Å². The maximum atomic E-state index is 2.57. The molecule has 0 fully saturated rings. The highest BCUT2D eigenvalue weighted by Crippen LogP contribution is 2.46. The third-order valence-corrected chi connectivity index (χ3v) is 5.37. The molecule has 0 spiro atoms. The lowest BCUT2D eigenvalue weighted by molar-refractivity contribution is 0.0975. The first-order chi connectivity index (χ1) is 8.49. The zero-order valence-electron chi connectivity index (χ0n) is 13.9. The number of hydrogen-bond acceptors (Lipinski definition) is 0. The zero-order chi connectivity index (χ0) is 14.2. The van der Waals surface area contributed by atoms with Gasteiger partial charge in [0.05, 0.1) is 0 Å². The van der Waals surface area contributed by atoms with Crippen molar-refractivity contribution in [1.29, 1.82) is 0 Å². The standard InChI is InChI=1S/C18H36/c1-8-12-13-14-18(11-4,16(6)10-3)17(7)15(5)9-2/h13-17H,8-12H2,1-7H3. The van der Waals surface area contributed by atoms with Gasteiger partial charge in [-0.1, -0.05) is 79.9 Å². The molecule has 0 amide bonds. The predicted molar refractivity (Wildman–Crippen MR) is 84.8 cm³/mol. The van der Waals surface area contributed by atoms with Gasteiger partial charge in [0.15, 0.2) is 0 Å². The summed E-state index contributed by atoms with van der Waals surface area (Å²) < 4.78 is 0. The summed E-state index contributed by atoms with van der Waals surface area (Å²) in [4.78, 5) is 0. The summed E-state index contributed by atoms with van der Waals surface area (Å²) in [6, 6.07) is 0. The first-order valence-corrected chi connectivity index (χ1v) is 8.17. The monoisotopic (exact) mass is 252 g/mol. The fraction of sp³-hybridized carbons (Fsp3) is 0.889. The van der Waals surface area contributed by atoms with Crippen LogP contribution in [0.5, 0.6) is 0 Å². The summed E-state index contributed by atoms with van der Waals surface area (Å²) >= 11 is 0.